The molecule has 0 aromatic carbocycles. The van der Waals surface area contributed by atoms with Gasteiger partial charge in [0.25, 0.3) is 0 Å². The van der Waals surface area contributed by atoms with Crippen LogP contribution in [0.25, 0.3) is 0 Å². The van der Waals surface area contributed by atoms with Gasteiger partial charge in [-0.15, -0.1) is 0 Å². The molecular weight excluding hydrogens is 398 g/mol. The van der Waals surface area contributed by atoms with Gasteiger partial charge in [-0.05, 0) is 56.3 Å². The van der Waals surface area contributed by atoms with Crippen LogP contribution in [-0.2, 0) is 28.7 Å². The first-order valence-electron chi connectivity index (χ1n) is 11.4. The topological polar surface area (TPSA) is 91.3 Å². The van der Waals surface area contributed by atoms with E-state index in [2.05, 4.69) is 22.9 Å². The fourth-order valence-corrected chi connectivity index (χ4v) is 6.96. The fraction of sp³-hybridized carbons (Fsp3) is 0.750. The monoisotopic (exact) mass is 431 g/mol. The molecule has 6 atom stereocenters. The number of oxime groups is 1. The van der Waals surface area contributed by atoms with Crippen LogP contribution in [0.3, 0.4) is 0 Å². The maximum atomic E-state index is 12.7. The van der Waals surface area contributed by atoms with E-state index in [-0.39, 0.29) is 29.5 Å². The van der Waals surface area contributed by atoms with Gasteiger partial charge in [-0.1, -0.05) is 23.7 Å². The van der Waals surface area contributed by atoms with Crippen molar-refractivity contribution in [3.8, 4) is 0 Å². The quantitative estimate of drug-likeness (QED) is 0.286. The number of fused-ring (bicyclic) bond motifs is 5. The van der Waals surface area contributed by atoms with Crippen LogP contribution < -0.4 is 0 Å². The summed E-state index contributed by atoms with van der Waals surface area (Å²) in [6.45, 7) is 3.40. The molecule has 0 radical (unpaired) electrons. The minimum Gasteiger partial charge on any atom is -0.466 e. The van der Waals surface area contributed by atoms with Gasteiger partial charge < -0.3 is 14.3 Å². The number of esters is 2. The van der Waals surface area contributed by atoms with E-state index >= 15 is 0 Å². The summed E-state index contributed by atoms with van der Waals surface area (Å²) in [5, 5.41) is 4.21. The first-order chi connectivity index (χ1) is 14.8. The molecular formula is C24H33NO6. The number of allylic oxidation sites excluding steroid dienone is 1. The molecule has 0 aromatic rings. The van der Waals surface area contributed by atoms with E-state index in [0.717, 1.165) is 38.5 Å². The largest absolute Gasteiger partial charge is 0.466 e. The van der Waals surface area contributed by atoms with E-state index in [1.807, 2.05) is 6.21 Å². The SMILES string of the molecule is COC(=O)CO/N=C/[C@]12CC[C@H](OC(C)=O)CC1=CC[C@@H]1[C@@H]2CC[C@]2(C)C(=O)CC[C@@H]12. The van der Waals surface area contributed by atoms with Crippen LogP contribution in [0.4, 0.5) is 0 Å². The lowest BCUT2D eigenvalue weighted by molar-refractivity contribution is -0.148. The second kappa shape index (κ2) is 8.40. The summed E-state index contributed by atoms with van der Waals surface area (Å²) in [6.07, 6.45) is 10.9. The van der Waals surface area contributed by atoms with Crippen LogP contribution in [0.2, 0.25) is 0 Å². The zero-order valence-electron chi connectivity index (χ0n) is 18.7. The number of ether oxygens (including phenoxy) is 2. The van der Waals surface area contributed by atoms with Crippen molar-refractivity contribution < 1.29 is 28.7 Å². The fourth-order valence-electron chi connectivity index (χ4n) is 6.96. The molecule has 3 saturated carbocycles. The standard InChI is InChI=1S/C24H33NO6/c1-15(26)31-17-8-11-24(14-25-30-13-22(28)29-3)16(12-17)4-5-18-19-6-7-21(27)23(19,2)10-9-20(18)24/h4,14,17-20H,5-13H2,1-3H3/b25-14+/t17-,18-,19-,20-,23-,24+/m0/s1. The van der Waals surface area contributed by atoms with Gasteiger partial charge in [-0.25, -0.2) is 4.79 Å². The number of carbonyl (C=O) groups is 3. The Balaban J connectivity index is 1.62. The Morgan fingerprint density at radius 3 is 2.77 bits per heavy atom. The molecule has 7 heteroatoms. The minimum atomic E-state index is -0.469. The predicted molar refractivity (Wildman–Crippen MR) is 113 cm³/mol. The van der Waals surface area contributed by atoms with Crippen LogP contribution in [0, 0.1) is 28.6 Å². The van der Waals surface area contributed by atoms with Gasteiger partial charge in [-0.3, -0.25) is 9.59 Å². The molecule has 0 amide bonds. The molecule has 0 spiro atoms. The zero-order chi connectivity index (χ0) is 22.2. The van der Waals surface area contributed by atoms with E-state index in [1.54, 1.807) is 0 Å². The summed E-state index contributed by atoms with van der Waals surface area (Å²) in [6, 6.07) is 0. The Morgan fingerprint density at radius 1 is 1.23 bits per heavy atom. The lowest BCUT2D eigenvalue weighted by atomic mass is 9.48. The van der Waals surface area contributed by atoms with Gasteiger partial charge in [0.1, 0.15) is 11.9 Å². The number of nitrogens with zero attached hydrogens (tertiary/aromatic N) is 1. The maximum absolute atomic E-state index is 12.7. The van der Waals surface area contributed by atoms with E-state index in [0.29, 0.717) is 36.4 Å². The first kappa shape index (κ1) is 22.0. The number of methoxy groups -OCH3 is 1. The van der Waals surface area contributed by atoms with Crippen LogP contribution in [0.1, 0.15) is 65.2 Å². The van der Waals surface area contributed by atoms with Gasteiger partial charge in [0, 0.05) is 30.6 Å². The van der Waals surface area contributed by atoms with Crippen LogP contribution in [-0.4, -0.2) is 43.8 Å². The van der Waals surface area contributed by atoms with Crippen molar-refractivity contribution in [3.05, 3.63) is 11.6 Å². The summed E-state index contributed by atoms with van der Waals surface area (Å²) >= 11 is 0. The Bertz CT molecular complexity index is 819. The molecule has 0 aliphatic heterocycles. The Kier molecular flexibility index (Phi) is 5.97. The number of ketones is 1. The summed E-state index contributed by atoms with van der Waals surface area (Å²) in [7, 11) is 1.32. The number of hydrogen-bond acceptors (Lipinski definition) is 7. The highest BCUT2D eigenvalue weighted by atomic mass is 16.6. The smallest absolute Gasteiger partial charge is 0.346 e. The molecule has 31 heavy (non-hydrogen) atoms. The number of hydrogen-bond donors (Lipinski definition) is 0. The summed E-state index contributed by atoms with van der Waals surface area (Å²) in [4.78, 5) is 40.8. The van der Waals surface area contributed by atoms with Gasteiger partial charge >= 0.3 is 11.9 Å². The average molecular weight is 432 g/mol. The van der Waals surface area contributed by atoms with Gasteiger partial charge in [-0.2, -0.15) is 0 Å². The van der Waals surface area contributed by atoms with Crippen molar-refractivity contribution in [2.75, 3.05) is 13.7 Å². The molecule has 3 fully saturated rings. The molecule has 4 rings (SSSR count). The first-order valence-corrected chi connectivity index (χ1v) is 11.4. The third-order valence-electron chi connectivity index (χ3n) is 8.47. The molecule has 0 heterocycles. The minimum absolute atomic E-state index is 0.111. The highest BCUT2D eigenvalue weighted by Gasteiger charge is 2.59. The Labute approximate surface area is 183 Å². The second-order valence-corrected chi connectivity index (χ2v) is 9.86. The van der Waals surface area contributed by atoms with E-state index in [4.69, 9.17) is 9.57 Å². The van der Waals surface area contributed by atoms with E-state index < -0.39 is 5.97 Å². The molecule has 7 nitrogen and oxygen atoms in total. The van der Waals surface area contributed by atoms with Crippen molar-refractivity contribution in [3.63, 3.8) is 0 Å². The van der Waals surface area contributed by atoms with Crippen LogP contribution in [0.15, 0.2) is 16.8 Å². The van der Waals surface area contributed by atoms with Crippen molar-refractivity contribution in [2.24, 2.45) is 33.7 Å². The molecule has 0 saturated heterocycles. The third kappa shape index (κ3) is 3.80. The zero-order valence-corrected chi connectivity index (χ0v) is 18.7. The third-order valence-corrected chi connectivity index (χ3v) is 8.47. The lowest BCUT2D eigenvalue weighted by Crippen LogP contribution is -2.52. The van der Waals surface area contributed by atoms with Crippen molar-refractivity contribution in [1.29, 1.82) is 0 Å². The van der Waals surface area contributed by atoms with Crippen LogP contribution >= 0.6 is 0 Å². The molecule has 0 unspecified atom stereocenters. The summed E-state index contributed by atoms with van der Waals surface area (Å²) in [5.41, 5.74) is 0.786. The second-order valence-electron chi connectivity index (χ2n) is 9.86. The van der Waals surface area contributed by atoms with E-state index in [1.165, 1.54) is 19.6 Å². The Morgan fingerprint density at radius 2 is 2.03 bits per heavy atom. The predicted octanol–water partition coefficient (Wildman–Crippen LogP) is 3.61. The van der Waals surface area contributed by atoms with Gasteiger partial charge in [0.05, 0.1) is 13.3 Å². The van der Waals surface area contributed by atoms with Gasteiger partial charge in [0.15, 0.2) is 0 Å². The Hall–Kier alpha value is -2.18. The summed E-state index contributed by atoms with van der Waals surface area (Å²) < 4.78 is 10.2. The van der Waals surface area contributed by atoms with Crippen molar-refractivity contribution in [2.45, 2.75) is 71.3 Å². The molecule has 0 bridgehead atoms. The normalized spacial score (nSPS) is 39.2. The molecule has 4 aliphatic rings. The van der Waals surface area contributed by atoms with Gasteiger partial charge in [0.2, 0.25) is 6.61 Å². The molecule has 4 aliphatic carbocycles. The number of rotatable bonds is 5. The number of carbonyl (C=O) groups excluding carboxylic acids is 3. The number of Topliss-reactive ketones (excluding diaryl/α,β-unsaturated/α-hetero) is 1. The highest BCUT2D eigenvalue weighted by Crippen LogP contribution is 2.63. The molecule has 170 valence electrons. The van der Waals surface area contributed by atoms with Crippen molar-refractivity contribution in [1.82, 2.24) is 0 Å². The molecule has 0 N–H and O–H groups in total. The average Bonchev–Trinajstić information content (AvgIpc) is 3.05. The highest BCUT2D eigenvalue weighted by molar-refractivity contribution is 5.87. The molecule has 0 aromatic heterocycles. The lowest BCUT2D eigenvalue weighted by Gasteiger charge is -2.56. The van der Waals surface area contributed by atoms with Crippen LogP contribution in [0.5, 0.6) is 0 Å². The maximum Gasteiger partial charge on any atom is 0.346 e. The van der Waals surface area contributed by atoms with E-state index in [9.17, 15) is 14.4 Å². The summed E-state index contributed by atoms with van der Waals surface area (Å²) in [5.74, 6) is 0.923. The van der Waals surface area contributed by atoms with Crippen molar-refractivity contribution >= 4 is 23.9 Å².